The van der Waals surface area contributed by atoms with Crippen LogP contribution in [0, 0.1) is 5.41 Å². The van der Waals surface area contributed by atoms with E-state index in [0.29, 0.717) is 6.08 Å². The number of halogens is 5. The normalized spacial score (nSPS) is 33.9. The summed E-state index contributed by atoms with van der Waals surface area (Å²) < 4.78 is 62.2. The van der Waals surface area contributed by atoms with Gasteiger partial charge in [0, 0.05) is 11.2 Å². The molecule has 2 rings (SSSR count). The summed E-state index contributed by atoms with van der Waals surface area (Å²) in [5.41, 5.74) is -8.32. The Morgan fingerprint density at radius 3 is 2.54 bits per heavy atom. The number of carbonyl (C=O) groups excluding carboxylic acids is 1. The minimum absolute atomic E-state index is 0.0348. The summed E-state index contributed by atoms with van der Waals surface area (Å²) in [5.74, 6) is -0.939. The first-order valence-corrected chi connectivity index (χ1v) is 7.62. The first-order chi connectivity index (χ1) is 10.9. The van der Waals surface area contributed by atoms with Crippen molar-refractivity contribution < 1.29 is 27.1 Å². The molecule has 0 aromatic carbocycles. The predicted molar refractivity (Wildman–Crippen MR) is 79.1 cm³/mol. The first kappa shape index (κ1) is 18.8. The maximum atomic E-state index is 15.2. The van der Waals surface area contributed by atoms with Crippen molar-refractivity contribution in [3.8, 4) is 0 Å². The van der Waals surface area contributed by atoms with Gasteiger partial charge in [-0.15, -0.1) is 0 Å². The van der Waals surface area contributed by atoms with E-state index in [1.54, 1.807) is 0 Å². The van der Waals surface area contributed by atoms with E-state index in [4.69, 9.17) is 16.3 Å². The fourth-order valence-corrected chi connectivity index (χ4v) is 3.48. The van der Waals surface area contributed by atoms with Crippen LogP contribution >= 0.6 is 11.6 Å². The summed E-state index contributed by atoms with van der Waals surface area (Å²) in [6, 6.07) is 1.05. The molecule has 1 aliphatic carbocycles. The monoisotopic (exact) mass is 368 g/mol. The topological polar surface area (TPSA) is 55.0 Å². The summed E-state index contributed by atoms with van der Waals surface area (Å²) in [6.45, 7) is 3.48. The molecule has 0 saturated heterocycles. The molecule has 0 fully saturated rings. The number of nitrogens with one attached hydrogen (secondary N) is 1. The highest BCUT2D eigenvalue weighted by Crippen LogP contribution is 2.61. The Hall–Kier alpha value is -1.57. The molecule has 3 unspecified atom stereocenters. The zero-order valence-electron chi connectivity index (χ0n) is 13.3. The molecule has 24 heavy (non-hydrogen) atoms. The molecule has 0 bridgehead atoms. The second-order valence-electron chi connectivity index (χ2n) is 6.16. The predicted octanol–water partition coefficient (Wildman–Crippen LogP) is 4.03. The molecule has 1 N–H and O–H groups in total. The fraction of sp³-hybridized carbons (Fsp3) is 0.600. The van der Waals surface area contributed by atoms with E-state index in [1.165, 1.54) is 20.0 Å². The van der Waals surface area contributed by atoms with Gasteiger partial charge in [0.15, 0.2) is 0 Å². The van der Waals surface area contributed by atoms with Crippen molar-refractivity contribution >= 4 is 17.6 Å². The number of ether oxygens (including phenoxy) is 1. The van der Waals surface area contributed by atoms with Crippen LogP contribution in [0.1, 0.15) is 32.9 Å². The van der Waals surface area contributed by atoms with Gasteiger partial charge >= 0.3 is 12.1 Å². The average molecular weight is 369 g/mol. The van der Waals surface area contributed by atoms with Crippen molar-refractivity contribution in [2.75, 3.05) is 6.61 Å². The van der Waals surface area contributed by atoms with Crippen LogP contribution in [0.5, 0.6) is 0 Å². The van der Waals surface area contributed by atoms with Gasteiger partial charge in [-0.05, 0) is 39.3 Å². The molecular weight excluding hydrogens is 352 g/mol. The standard InChI is InChI=1S/C15H17ClF4N2O2/c1-4-24-11(23)12(2)8-14(15(18,19)20,10-5-6-21-22-10)13(3,17)7-9(12)16/h5-7H,4,8H2,1-3H3,(H,21,22). The SMILES string of the molecule is CCOC(=O)C1(C)CC(c2cc[nH]n2)(C(F)(F)F)C(C)(F)C=C1Cl. The molecule has 0 saturated carbocycles. The van der Waals surface area contributed by atoms with Crippen LogP contribution in [0.2, 0.25) is 0 Å². The molecule has 9 heteroatoms. The van der Waals surface area contributed by atoms with E-state index in [9.17, 15) is 18.0 Å². The lowest BCUT2D eigenvalue weighted by Gasteiger charge is -2.49. The van der Waals surface area contributed by atoms with Crippen LogP contribution in [0.25, 0.3) is 0 Å². The molecule has 1 heterocycles. The van der Waals surface area contributed by atoms with Crippen molar-refractivity contribution in [3.63, 3.8) is 0 Å². The summed E-state index contributed by atoms with van der Waals surface area (Å²) in [4.78, 5) is 12.3. The van der Waals surface area contributed by atoms with Gasteiger partial charge in [-0.2, -0.15) is 18.3 Å². The lowest BCUT2D eigenvalue weighted by Crippen LogP contribution is -2.61. The van der Waals surface area contributed by atoms with Crippen LogP contribution in [0.15, 0.2) is 23.4 Å². The van der Waals surface area contributed by atoms with Gasteiger partial charge < -0.3 is 4.74 Å². The van der Waals surface area contributed by atoms with Gasteiger partial charge in [0.2, 0.25) is 0 Å². The minimum atomic E-state index is -5.02. The number of rotatable bonds is 3. The number of H-pyrrole nitrogens is 1. The maximum Gasteiger partial charge on any atom is 0.403 e. The fourth-order valence-electron chi connectivity index (χ4n) is 3.13. The summed E-state index contributed by atoms with van der Waals surface area (Å²) >= 11 is 6.00. The molecule has 0 radical (unpaired) electrons. The minimum Gasteiger partial charge on any atom is -0.465 e. The number of aromatic nitrogens is 2. The Labute approximate surface area is 141 Å². The van der Waals surface area contributed by atoms with Gasteiger partial charge in [-0.25, -0.2) is 4.39 Å². The lowest BCUT2D eigenvalue weighted by atomic mass is 9.58. The number of aromatic amines is 1. The Bertz CT molecular complexity index is 657. The van der Waals surface area contributed by atoms with Crippen LogP contribution < -0.4 is 0 Å². The molecule has 1 aromatic heterocycles. The molecule has 3 atom stereocenters. The van der Waals surface area contributed by atoms with Crippen molar-refractivity contribution in [1.29, 1.82) is 0 Å². The van der Waals surface area contributed by atoms with Gasteiger partial charge in [-0.1, -0.05) is 11.6 Å². The van der Waals surface area contributed by atoms with Crippen molar-refractivity contribution in [1.82, 2.24) is 10.2 Å². The summed E-state index contributed by atoms with van der Waals surface area (Å²) in [5, 5.41) is 5.51. The number of alkyl halides is 4. The van der Waals surface area contributed by atoms with E-state index in [1.807, 2.05) is 0 Å². The second-order valence-corrected chi connectivity index (χ2v) is 6.57. The molecule has 1 aromatic rings. The van der Waals surface area contributed by atoms with E-state index in [0.717, 1.165) is 13.0 Å². The van der Waals surface area contributed by atoms with Crippen molar-refractivity contribution in [3.05, 3.63) is 29.1 Å². The Morgan fingerprint density at radius 1 is 1.46 bits per heavy atom. The van der Waals surface area contributed by atoms with Gasteiger partial charge in [-0.3, -0.25) is 9.89 Å². The average Bonchev–Trinajstić information content (AvgIpc) is 2.95. The maximum absolute atomic E-state index is 15.2. The van der Waals surface area contributed by atoms with E-state index < -0.39 is 40.8 Å². The Balaban J connectivity index is 2.74. The Kier molecular flexibility index (Phi) is 4.50. The molecule has 4 nitrogen and oxygen atoms in total. The number of hydrogen-bond acceptors (Lipinski definition) is 3. The smallest absolute Gasteiger partial charge is 0.403 e. The third-order valence-corrected chi connectivity index (χ3v) is 5.05. The van der Waals surface area contributed by atoms with Crippen LogP contribution in [0.3, 0.4) is 0 Å². The van der Waals surface area contributed by atoms with Crippen molar-refractivity contribution in [2.24, 2.45) is 5.41 Å². The highest BCUT2D eigenvalue weighted by molar-refractivity contribution is 6.32. The van der Waals surface area contributed by atoms with Crippen LogP contribution in [-0.4, -0.2) is 34.6 Å². The molecule has 1 aliphatic rings. The number of allylic oxidation sites excluding steroid dienone is 1. The van der Waals surface area contributed by atoms with Gasteiger partial charge in [0.1, 0.15) is 16.5 Å². The number of esters is 1. The highest BCUT2D eigenvalue weighted by atomic mass is 35.5. The Morgan fingerprint density at radius 2 is 2.08 bits per heavy atom. The summed E-state index contributed by atoms with van der Waals surface area (Å²) in [7, 11) is 0. The van der Waals surface area contributed by atoms with E-state index in [-0.39, 0.29) is 11.6 Å². The number of carbonyl (C=O) groups is 1. The van der Waals surface area contributed by atoms with Gasteiger partial charge in [0.25, 0.3) is 0 Å². The van der Waals surface area contributed by atoms with Crippen molar-refractivity contribution in [2.45, 2.75) is 44.5 Å². The first-order valence-electron chi connectivity index (χ1n) is 7.24. The summed E-state index contributed by atoms with van der Waals surface area (Å²) in [6.07, 6.45) is -4.17. The molecule has 0 spiro atoms. The largest absolute Gasteiger partial charge is 0.465 e. The molecular formula is C15H17ClF4N2O2. The lowest BCUT2D eigenvalue weighted by molar-refractivity contribution is -0.233. The molecule has 0 amide bonds. The van der Waals surface area contributed by atoms with E-state index in [2.05, 4.69) is 10.2 Å². The third kappa shape index (κ3) is 2.51. The number of nitrogens with zero attached hydrogens (tertiary/aromatic N) is 1. The highest BCUT2D eigenvalue weighted by Gasteiger charge is 2.72. The molecule has 134 valence electrons. The number of hydrogen-bond donors (Lipinski definition) is 1. The quantitative estimate of drug-likeness (QED) is 0.647. The second kappa shape index (κ2) is 5.75. The third-order valence-electron chi connectivity index (χ3n) is 4.53. The van der Waals surface area contributed by atoms with Crippen LogP contribution in [0.4, 0.5) is 17.6 Å². The van der Waals surface area contributed by atoms with E-state index >= 15 is 4.39 Å². The zero-order valence-corrected chi connectivity index (χ0v) is 14.1. The van der Waals surface area contributed by atoms with Gasteiger partial charge in [0.05, 0.1) is 12.3 Å². The van der Waals surface area contributed by atoms with Crippen LogP contribution in [-0.2, 0) is 14.9 Å². The molecule has 0 aliphatic heterocycles. The zero-order chi connectivity index (χ0) is 18.4.